The first kappa shape index (κ1) is 21.1. The van der Waals surface area contributed by atoms with Crippen LogP contribution < -0.4 is 9.64 Å². The minimum absolute atomic E-state index is 0.121. The number of rotatable bonds is 6. The molecule has 2 amide bonds. The van der Waals surface area contributed by atoms with Gasteiger partial charge in [-0.2, -0.15) is 4.98 Å². The molecule has 2 heterocycles. The highest BCUT2D eigenvalue weighted by Gasteiger charge is 2.36. The van der Waals surface area contributed by atoms with Crippen molar-refractivity contribution in [2.75, 3.05) is 12.0 Å². The minimum Gasteiger partial charge on any atom is -0.497 e. The molecule has 1 aliphatic heterocycles. The van der Waals surface area contributed by atoms with Gasteiger partial charge in [-0.25, -0.2) is 9.69 Å². The molecule has 0 saturated heterocycles. The number of amides is 2. The number of aromatic nitrogens is 2. The van der Waals surface area contributed by atoms with Crippen LogP contribution in [0.4, 0.5) is 5.69 Å². The smallest absolute Gasteiger partial charge is 0.338 e. The van der Waals surface area contributed by atoms with Gasteiger partial charge in [0.05, 0.1) is 29.5 Å². The van der Waals surface area contributed by atoms with Crippen molar-refractivity contribution in [3.63, 3.8) is 0 Å². The molecule has 0 fully saturated rings. The number of ether oxygens (including phenoxy) is 2. The Morgan fingerprint density at radius 3 is 2.32 bits per heavy atom. The van der Waals surface area contributed by atoms with Crippen molar-refractivity contribution in [2.45, 2.75) is 6.61 Å². The molecule has 0 bridgehead atoms. The Hall–Kier alpha value is -4.79. The second-order valence-electron chi connectivity index (χ2n) is 7.36. The number of hydrogen-bond donors (Lipinski definition) is 0. The first-order valence-electron chi connectivity index (χ1n) is 10.3. The highest BCUT2D eigenvalue weighted by Crippen LogP contribution is 2.29. The van der Waals surface area contributed by atoms with Gasteiger partial charge in [-0.3, -0.25) is 9.59 Å². The van der Waals surface area contributed by atoms with Gasteiger partial charge in [0.25, 0.3) is 17.7 Å². The summed E-state index contributed by atoms with van der Waals surface area (Å²) in [6.45, 7) is -0.237. The Morgan fingerprint density at radius 1 is 0.941 bits per heavy atom. The lowest BCUT2D eigenvalue weighted by Gasteiger charge is -2.14. The summed E-state index contributed by atoms with van der Waals surface area (Å²) in [6.07, 6.45) is 0. The van der Waals surface area contributed by atoms with E-state index >= 15 is 0 Å². The van der Waals surface area contributed by atoms with Gasteiger partial charge in [0.15, 0.2) is 6.61 Å². The van der Waals surface area contributed by atoms with E-state index in [9.17, 15) is 14.4 Å². The summed E-state index contributed by atoms with van der Waals surface area (Å²) in [7, 11) is 1.57. The molecule has 0 atom stereocenters. The van der Waals surface area contributed by atoms with E-state index in [0.717, 1.165) is 10.5 Å². The zero-order valence-corrected chi connectivity index (χ0v) is 17.9. The van der Waals surface area contributed by atoms with Crippen LogP contribution in [0.1, 0.15) is 37.0 Å². The Kier molecular flexibility index (Phi) is 5.35. The van der Waals surface area contributed by atoms with Gasteiger partial charge in [-0.05, 0) is 54.6 Å². The molecule has 1 aliphatic rings. The van der Waals surface area contributed by atoms with Gasteiger partial charge in [0, 0.05) is 5.56 Å². The van der Waals surface area contributed by atoms with Crippen molar-refractivity contribution in [3.05, 3.63) is 95.4 Å². The van der Waals surface area contributed by atoms with Gasteiger partial charge >= 0.3 is 5.97 Å². The molecular formula is C25H17N3O6. The number of esters is 1. The average Bonchev–Trinajstić information content (AvgIpc) is 3.45. The van der Waals surface area contributed by atoms with Gasteiger partial charge in [0.1, 0.15) is 5.75 Å². The monoisotopic (exact) mass is 455 g/mol. The number of hydrogen-bond acceptors (Lipinski definition) is 8. The third-order valence-corrected chi connectivity index (χ3v) is 5.28. The first-order chi connectivity index (χ1) is 16.5. The summed E-state index contributed by atoms with van der Waals surface area (Å²) < 4.78 is 15.6. The molecule has 0 unspecified atom stereocenters. The zero-order valence-electron chi connectivity index (χ0n) is 17.9. The topological polar surface area (TPSA) is 112 Å². The van der Waals surface area contributed by atoms with Crippen molar-refractivity contribution < 1.29 is 28.4 Å². The summed E-state index contributed by atoms with van der Waals surface area (Å²) in [6, 6.07) is 19.8. The van der Waals surface area contributed by atoms with Crippen LogP contribution in [0.5, 0.6) is 5.75 Å². The largest absolute Gasteiger partial charge is 0.497 e. The average molecular weight is 455 g/mol. The molecule has 0 radical (unpaired) electrons. The first-order valence-corrected chi connectivity index (χ1v) is 10.3. The van der Waals surface area contributed by atoms with Crippen LogP contribution in [0, 0.1) is 0 Å². The van der Waals surface area contributed by atoms with Crippen molar-refractivity contribution in [2.24, 2.45) is 0 Å². The van der Waals surface area contributed by atoms with Crippen molar-refractivity contribution in [1.29, 1.82) is 0 Å². The predicted molar refractivity (Wildman–Crippen MR) is 119 cm³/mol. The van der Waals surface area contributed by atoms with E-state index in [0.29, 0.717) is 22.7 Å². The number of carbonyl (C=O) groups is 3. The van der Waals surface area contributed by atoms with E-state index in [-0.39, 0.29) is 23.7 Å². The molecule has 0 aliphatic carbocycles. The number of nitrogens with zero attached hydrogens (tertiary/aromatic N) is 3. The zero-order chi connectivity index (χ0) is 23.7. The van der Waals surface area contributed by atoms with Crippen LogP contribution in [-0.4, -0.2) is 35.0 Å². The molecule has 9 heteroatoms. The fourth-order valence-electron chi connectivity index (χ4n) is 3.58. The Bertz CT molecular complexity index is 1380. The third-order valence-electron chi connectivity index (χ3n) is 5.28. The van der Waals surface area contributed by atoms with Crippen LogP contribution in [0.2, 0.25) is 0 Å². The second-order valence-corrected chi connectivity index (χ2v) is 7.36. The Balaban J connectivity index is 1.28. The maximum Gasteiger partial charge on any atom is 0.338 e. The van der Waals surface area contributed by atoms with Crippen molar-refractivity contribution in [1.82, 2.24) is 10.1 Å². The highest BCUT2D eigenvalue weighted by molar-refractivity contribution is 6.34. The van der Waals surface area contributed by atoms with Crippen LogP contribution in [0.3, 0.4) is 0 Å². The maximum absolute atomic E-state index is 12.7. The summed E-state index contributed by atoms with van der Waals surface area (Å²) in [5.74, 6) is -0.379. The van der Waals surface area contributed by atoms with E-state index in [1.807, 2.05) is 0 Å². The molecule has 3 aromatic carbocycles. The quantitative estimate of drug-likeness (QED) is 0.318. The standard InChI is InChI=1S/C25H17N3O6/c1-32-18-11-9-15(10-12-18)22-26-21(34-27-22)14-33-25(31)16-5-4-6-17(13-16)28-23(29)19-7-2-3-8-20(19)24(28)30/h2-13H,14H2,1H3. The lowest BCUT2D eigenvalue weighted by atomic mass is 10.1. The van der Waals surface area contributed by atoms with E-state index in [1.54, 1.807) is 67.8 Å². The van der Waals surface area contributed by atoms with E-state index in [2.05, 4.69) is 10.1 Å². The van der Waals surface area contributed by atoms with Gasteiger partial charge in [-0.1, -0.05) is 23.4 Å². The van der Waals surface area contributed by atoms with Crippen molar-refractivity contribution in [3.8, 4) is 17.1 Å². The number of carbonyl (C=O) groups excluding carboxylic acids is 3. The molecule has 168 valence electrons. The molecular weight excluding hydrogens is 438 g/mol. The van der Waals surface area contributed by atoms with Gasteiger partial charge in [-0.15, -0.1) is 0 Å². The van der Waals surface area contributed by atoms with Gasteiger partial charge < -0.3 is 14.0 Å². The van der Waals surface area contributed by atoms with E-state index < -0.39 is 17.8 Å². The lowest BCUT2D eigenvalue weighted by Crippen LogP contribution is -2.29. The molecule has 0 N–H and O–H groups in total. The number of benzene rings is 3. The Labute approximate surface area is 193 Å². The lowest BCUT2D eigenvalue weighted by molar-refractivity contribution is 0.0429. The molecule has 1 aromatic heterocycles. The fourth-order valence-corrected chi connectivity index (χ4v) is 3.58. The molecule has 0 spiro atoms. The van der Waals surface area contributed by atoms with Crippen LogP contribution >= 0.6 is 0 Å². The normalized spacial score (nSPS) is 12.6. The molecule has 9 nitrogen and oxygen atoms in total. The molecule has 0 saturated carbocycles. The molecule has 4 aromatic rings. The van der Waals surface area contributed by atoms with Crippen LogP contribution in [0.15, 0.2) is 77.3 Å². The summed E-state index contributed by atoms with van der Waals surface area (Å²) >= 11 is 0. The number of fused-ring (bicyclic) bond motifs is 1. The molecule has 34 heavy (non-hydrogen) atoms. The minimum atomic E-state index is -0.664. The number of methoxy groups -OCH3 is 1. The van der Waals surface area contributed by atoms with E-state index in [4.69, 9.17) is 14.0 Å². The fraction of sp³-hybridized carbons (Fsp3) is 0.0800. The van der Waals surface area contributed by atoms with Crippen LogP contribution in [0.25, 0.3) is 11.4 Å². The number of imide groups is 1. The van der Waals surface area contributed by atoms with E-state index in [1.165, 1.54) is 12.1 Å². The maximum atomic E-state index is 12.7. The number of anilines is 1. The highest BCUT2D eigenvalue weighted by atomic mass is 16.6. The SMILES string of the molecule is COc1ccc(-c2noc(COC(=O)c3cccc(N4C(=O)c5ccccc5C4=O)c3)n2)cc1. The van der Waals surface area contributed by atoms with Crippen molar-refractivity contribution >= 4 is 23.5 Å². The third kappa shape index (κ3) is 3.79. The van der Waals surface area contributed by atoms with Crippen LogP contribution in [-0.2, 0) is 11.3 Å². The molecule has 5 rings (SSSR count). The second kappa shape index (κ2) is 8.62. The summed E-state index contributed by atoms with van der Waals surface area (Å²) in [5, 5.41) is 3.90. The van der Waals surface area contributed by atoms with Gasteiger partial charge in [0.2, 0.25) is 5.82 Å². The Morgan fingerprint density at radius 2 is 1.65 bits per heavy atom. The summed E-state index contributed by atoms with van der Waals surface area (Å²) in [4.78, 5) is 43.3. The predicted octanol–water partition coefficient (Wildman–Crippen LogP) is 3.90. The summed E-state index contributed by atoms with van der Waals surface area (Å²) in [5.41, 5.74) is 1.81.